The molecule has 1 heterocycles. The summed E-state index contributed by atoms with van der Waals surface area (Å²) < 4.78 is 12.0. The highest BCUT2D eigenvalue weighted by molar-refractivity contribution is 9.10. The molecule has 1 aromatic carbocycles. The van der Waals surface area contributed by atoms with Crippen LogP contribution in [-0.2, 0) is 10.2 Å². The van der Waals surface area contributed by atoms with Crippen molar-refractivity contribution in [3.05, 3.63) is 22.2 Å². The topological polar surface area (TPSA) is 55.8 Å². The molecule has 0 radical (unpaired) electrons. The fraction of sp³-hybridized carbons (Fsp3) is 0.462. The minimum atomic E-state index is -0.832. The summed E-state index contributed by atoms with van der Waals surface area (Å²) in [7, 11) is 0. The zero-order valence-corrected chi connectivity index (χ0v) is 11.9. The van der Waals surface area contributed by atoms with E-state index in [1.165, 1.54) is 0 Å². The average Bonchev–Trinajstić information content (AvgIpc) is 2.26. The molecule has 1 aliphatic heterocycles. The van der Waals surface area contributed by atoms with E-state index in [0.29, 0.717) is 24.7 Å². The van der Waals surface area contributed by atoms with Gasteiger partial charge in [0.15, 0.2) is 11.5 Å². The molecule has 1 N–H and O–H groups in total. The quantitative estimate of drug-likeness (QED) is 0.932. The second-order valence-corrected chi connectivity index (χ2v) is 5.76. The summed E-state index contributed by atoms with van der Waals surface area (Å²) in [5.41, 5.74) is 0.318. The van der Waals surface area contributed by atoms with Gasteiger partial charge in [-0.2, -0.15) is 0 Å². The van der Waals surface area contributed by atoms with Crippen LogP contribution in [0.15, 0.2) is 16.6 Å². The van der Waals surface area contributed by atoms with E-state index in [2.05, 4.69) is 15.9 Å². The fourth-order valence-electron chi connectivity index (χ4n) is 2.19. The van der Waals surface area contributed by atoms with Crippen LogP contribution in [0.4, 0.5) is 0 Å². The number of hydrogen-bond donors (Lipinski definition) is 1. The van der Waals surface area contributed by atoms with E-state index >= 15 is 0 Å². The molecule has 0 unspecified atom stereocenters. The van der Waals surface area contributed by atoms with Crippen LogP contribution in [0.3, 0.4) is 0 Å². The molecule has 1 aromatic rings. The normalized spacial score (nSPS) is 14.4. The summed E-state index contributed by atoms with van der Waals surface area (Å²) in [5, 5.41) is 9.02. The third-order valence-electron chi connectivity index (χ3n) is 2.93. The van der Waals surface area contributed by atoms with Gasteiger partial charge in [-0.15, -0.1) is 0 Å². The van der Waals surface area contributed by atoms with Gasteiger partial charge < -0.3 is 14.6 Å². The Kier molecular flexibility index (Phi) is 3.52. The number of hydrogen-bond acceptors (Lipinski definition) is 3. The van der Waals surface area contributed by atoms with Crippen molar-refractivity contribution in [1.82, 2.24) is 0 Å². The largest absolute Gasteiger partial charge is 0.486 e. The average molecular weight is 315 g/mol. The molecule has 0 spiro atoms. The molecular weight excluding hydrogens is 300 g/mol. The van der Waals surface area contributed by atoms with Crippen LogP contribution in [0.2, 0.25) is 0 Å². The minimum absolute atomic E-state index is 0.0331. The van der Waals surface area contributed by atoms with Gasteiger partial charge in [0.2, 0.25) is 0 Å². The van der Waals surface area contributed by atoms with E-state index in [9.17, 15) is 4.79 Å². The molecule has 0 fully saturated rings. The summed E-state index contributed by atoms with van der Waals surface area (Å²) >= 11 is 3.47. The minimum Gasteiger partial charge on any atom is -0.486 e. The first-order valence-corrected chi connectivity index (χ1v) is 6.51. The van der Waals surface area contributed by atoms with Crippen LogP contribution < -0.4 is 9.47 Å². The van der Waals surface area contributed by atoms with Gasteiger partial charge in [-0.3, -0.25) is 4.79 Å². The van der Waals surface area contributed by atoms with Crippen LogP contribution >= 0.6 is 15.9 Å². The molecule has 2 rings (SSSR count). The highest BCUT2D eigenvalue weighted by Crippen LogP contribution is 2.45. The van der Waals surface area contributed by atoms with Crippen molar-refractivity contribution in [3.8, 4) is 11.5 Å². The van der Waals surface area contributed by atoms with Gasteiger partial charge in [0, 0.05) is 15.5 Å². The Balaban J connectivity index is 2.51. The summed E-state index contributed by atoms with van der Waals surface area (Å²) in [5.74, 6) is 0.501. The number of carbonyl (C=O) groups is 1. The predicted octanol–water partition coefficient (Wildman–Crippen LogP) is 2.97. The molecule has 98 valence electrons. The Hall–Kier alpha value is -1.23. The first kappa shape index (κ1) is 13.2. The Morgan fingerprint density at radius 3 is 2.72 bits per heavy atom. The summed E-state index contributed by atoms with van der Waals surface area (Å²) in [6, 6.07) is 3.70. The van der Waals surface area contributed by atoms with Gasteiger partial charge in [0.25, 0.3) is 0 Å². The SMILES string of the molecule is CC(C)(CC(=O)O)c1c(Br)ccc2c1OCCO2. The van der Waals surface area contributed by atoms with Gasteiger partial charge in [0.05, 0.1) is 6.42 Å². The van der Waals surface area contributed by atoms with Gasteiger partial charge in [0.1, 0.15) is 13.2 Å². The monoisotopic (exact) mass is 314 g/mol. The number of fused-ring (bicyclic) bond motifs is 1. The molecule has 0 amide bonds. The Bertz CT molecular complexity index is 482. The molecule has 0 aromatic heterocycles. The molecule has 1 aliphatic rings. The molecule has 5 heteroatoms. The Labute approximate surface area is 114 Å². The lowest BCUT2D eigenvalue weighted by Crippen LogP contribution is -2.26. The maximum Gasteiger partial charge on any atom is 0.304 e. The predicted molar refractivity (Wildman–Crippen MR) is 70.4 cm³/mol. The van der Waals surface area contributed by atoms with Crippen molar-refractivity contribution in [2.75, 3.05) is 13.2 Å². The molecule has 4 nitrogen and oxygen atoms in total. The number of carboxylic acids is 1. The lowest BCUT2D eigenvalue weighted by molar-refractivity contribution is -0.138. The second-order valence-electron chi connectivity index (χ2n) is 4.90. The van der Waals surface area contributed by atoms with Crippen molar-refractivity contribution >= 4 is 21.9 Å². The van der Waals surface area contributed by atoms with Crippen molar-refractivity contribution in [1.29, 1.82) is 0 Å². The second kappa shape index (κ2) is 4.80. The van der Waals surface area contributed by atoms with Gasteiger partial charge >= 0.3 is 5.97 Å². The van der Waals surface area contributed by atoms with Crippen LogP contribution in [0.25, 0.3) is 0 Å². The van der Waals surface area contributed by atoms with Crippen molar-refractivity contribution in [2.24, 2.45) is 0 Å². The Morgan fingerprint density at radius 1 is 1.39 bits per heavy atom. The summed E-state index contributed by atoms with van der Waals surface area (Å²) in [6.07, 6.45) is 0.0331. The molecule has 0 saturated carbocycles. The number of carboxylic acid groups (broad SMARTS) is 1. The fourth-order valence-corrected chi connectivity index (χ4v) is 3.04. The van der Waals surface area contributed by atoms with E-state index < -0.39 is 11.4 Å². The number of aliphatic carboxylic acids is 1. The first-order valence-electron chi connectivity index (χ1n) is 5.72. The van der Waals surface area contributed by atoms with E-state index in [4.69, 9.17) is 14.6 Å². The van der Waals surface area contributed by atoms with Gasteiger partial charge in [-0.25, -0.2) is 0 Å². The van der Waals surface area contributed by atoms with Crippen LogP contribution in [0.1, 0.15) is 25.8 Å². The molecule has 0 aliphatic carbocycles. The van der Waals surface area contributed by atoms with E-state index in [0.717, 1.165) is 10.0 Å². The number of rotatable bonds is 3. The van der Waals surface area contributed by atoms with E-state index in [1.54, 1.807) is 0 Å². The molecule has 0 saturated heterocycles. The van der Waals surface area contributed by atoms with Crippen LogP contribution in [0.5, 0.6) is 11.5 Å². The van der Waals surface area contributed by atoms with Gasteiger partial charge in [-0.1, -0.05) is 29.8 Å². The lowest BCUT2D eigenvalue weighted by Gasteiger charge is -2.30. The van der Waals surface area contributed by atoms with Crippen molar-refractivity contribution in [3.63, 3.8) is 0 Å². The zero-order chi connectivity index (χ0) is 13.3. The lowest BCUT2D eigenvalue weighted by atomic mass is 9.81. The Morgan fingerprint density at radius 2 is 2.06 bits per heavy atom. The molecule has 18 heavy (non-hydrogen) atoms. The van der Waals surface area contributed by atoms with Gasteiger partial charge in [-0.05, 0) is 12.1 Å². The maximum absolute atomic E-state index is 11.0. The zero-order valence-electron chi connectivity index (χ0n) is 10.3. The highest BCUT2D eigenvalue weighted by Gasteiger charge is 2.32. The standard InChI is InChI=1S/C13H15BrO4/c1-13(2,7-10(15)16)11-8(14)3-4-9-12(11)18-6-5-17-9/h3-4H,5-7H2,1-2H3,(H,15,16). The van der Waals surface area contributed by atoms with E-state index in [1.807, 2.05) is 26.0 Å². The number of ether oxygens (including phenoxy) is 2. The smallest absolute Gasteiger partial charge is 0.304 e. The van der Waals surface area contributed by atoms with E-state index in [-0.39, 0.29) is 6.42 Å². The highest BCUT2D eigenvalue weighted by atomic mass is 79.9. The summed E-state index contributed by atoms with van der Waals surface area (Å²) in [6.45, 7) is 4.78. The van der Waals surface area contributed by atoms with Crippen LogP contribution in [0, 0.1) is 0 Å². The molecule has 0 atom stereocenters. The maximum atomic E-state index is 11.0. The molecule has 0 bridgehead atoms. The van der Waals surface area contributed by atoms with Crippen molar-refractivity contribution in [2.45, 2.75) is 25.7 Å². The summed E-state index contributed by atoms with van der Waals surface area (Å²) in [4.78, 5) is 11.0. The van der Waals surface area contributed by atoms with Crippen molar-refractivity contribution < 1.29 is 19.4 Å². The van der Waals surface area contributed by atoms with Crippen LogP contribution in [-0.4, -0.2) is 24.3 Å². The number of halogens is 1. The first-order chi connectivity index (χ1) is 8.42. The number of benzene rings is 1. The third-order valence-corrected chi connectivity index (χ3v) is 3.59. The third kappa shape index (κ3) is 2.46. The molecular formula is C13H15BrO4.